The maximum absolute atomic E-state index is 13.5. The van der Waals surface area contributed by atoms with Crippen molar-refractivity contribution in [3.63, 3.8) is 0 Å². The van der Waals surface area contributed by atoms with E-state index >= 15 is 0 Å². The third-order valence-electron chi connectivity index (χ3n) is 5.21. The summed E-state index contributed by atoms with van der Waals surface area (Å²) in [6, 6.07) is 19.2. The van der Waals surface area contributed by atoms with Gasteiger partial charge >= 0.3 is 0 Å². The minimum atomic E-state index is -4.01. The highest BCUT2D eigenvalue weighted by Crippen LogP contribution is 2.29. The van der Waals surface area contributed by atoms with Crippen LogP contribution in [-0.2, 0) is 21.2 Å². The summed E-state index contributed by atoms with van der Waals surface area (Å²) in [5.41, 5.74) is 1.54. The van der Waals surface area contributed by atoms with Crippen molar-refractivity contribution in [2.45, 2.75) is 11.3 Å². The molecular formula is C24H22ClN3O4S2. The van der Waals surface area contributed by atoms with Crippen LogP contribution >= 0.6 is 23.1 Å². The van der Waals surface area contributed by atoms with Crippen molar-refractivity contribution in [3.05, 3.63) is 83.5 Å². The Balaban J connectivity index is 1.57. The lowest BCUT2D eigenvalue weighted by Gasteiger charge is -2.22. The van der Waals surface area contributed by atoms with E-state index in [9.17, 15) is 13.2 Å². The molecule has 0 unspecified atom stereocenters. The number of carbonyl (C=O) groups excluding carboxylic acids is 1. The van der Waals surface area contributed by atoms with Gasteiger partial charge in [0.2, 0.25) is 15.9 Å². The number of benzene rings is 3. The summed E-state index contributed by atoms with van der Waals surface area (Å²) in [7, 11) is -2.55. The zero-order valence-corrected chi connectivity index (χ0v) is 20.7. The molecule has 0 bridgehead atoms. The van der Waals surface area contributed by atoms with Crippen molar-refractivity contribution in [1.82, 2.24) is 8.68 Å². The second kappa shape index (κ2) is 10.5. The molecule has 0 fully saturated rings. The van der Waals surface area contributed by atoms with Gasteiger partial charge in [-0.15, -0.1) is 0 Å². The average Bonchev–Trinajstić information content (AvgIpc) is 3.30. The van der Waals surface area contributed by atoms with Gasteiger partial charge in [0.15, 0.2) is 0 Å². The Morgan fingerprint density at radius 2 is 1.91 bits per heavy atom. The van der Waals surface area contributed by atoms with Gasteiger partial charge in [-0.3, -0.25) is 4.79 Å². The summed E-state index contributed by atoms with van der Waals surface area (Å²) in [5, 5.41) is 3.87. The van der Waals surface area contributed by atoms with Crippen LogP contribution in [0, 0.1) is 0 Å². The van der Waals surface area contributed by atoms with Crippen molar-refractivity contribution in [2.75, 3.05) is 25.5 Å². The Morgan fingerprint density at radius 1 is 1.12 bits per heavy atom. The molecule has 0 aliphatic rings. The van der Waals surface area contributed by atoms with Crippen molar-refractivity contribution in [3.8, 4) is 5.75 Å². The van der Waals surface area contributed by atoms with Crippen LogP contribution in [0.3, 0.4) is 0 Å². The molecule has 0 saturated heterocycles. The third-order valence-corrected chi connectivity index (χ3v) is 8.13. The van der Waals surface area contributed by atoms with Crippen LogP contribution in [0.2, 0.25) is 5.02 Å². The molecule has 4 aromatic rings. The normalized spacial score (nSPS) is 11.6. The largest absolute Gasteiger partial charge is 0.495 e. The minimum absolute atomic E-state index is 0.00933. The van der Waals surface area contributed by atoms with Crippen LogP contribution in [0.15, 0.2) is 77.8 Å². The molecule has 0 saturated carbocycles. The predicted molar refractivity (Wildman–Crippen MR) is 135 cm³/mol. The van der Waals surface area contributed by atoms with Crippen LogP contribution in [0.25, 0.3) is 10.1 Å². The van der Waals surface area contributed by atoms with Gasteiger partial charge in [-0.05, 0) is 59.9 Å². The highest BCUT2D eigenvalue weighted by molar-refractivity contribution is 7.89. The number of nitrogens with zero attached hydrogens (tertiary/aromatic N) is 2. The Labute approximate surface area is 207 Å². The van der Waals surface area contributed by atoms with E-state index in [4.69, 9.17) is 16.3 Å². The number of halogens is 1. The number of sulfonamides is 1. The van der Waals surface area contributed by atoms with Gasteiger partial charge in [0.25, 0.3) is 0 Å². The fraction of sp³-hybridized carbons (Fsp3) is 0.167. The molecular weight excluding hydrogens is 494 g/mol. The van der Waals surface area contributed by atoms with E-state index in [0.29, 0.717) is 17.9 Å². The van der Waals surface area contributed by atoms with E-state index in [1.165, 1.54) is 36.8 Å². The van der Waals surface area contributed by atoms with Gasteiger partial charge in [-0.25, -0.2) is 8.42 Å². The fourth-order valence-corrected chi connectivity index (χ4v) is 5.82. The SMILES string of the molecule is COc1ccc(S(=O)(=O)N(CCc2ccccc2)CC(=O)Nc2ccc3sncc3c2)cc1Cl. The first kappa shape index (κ1) is 24.2. The molecule has 7 nitrogen and oxygen atoms in total. The number of amides is 1. The standard InChI is InChI=1S/C24H22ClN3O4S2/c1-32-22-9-8-20(14-21(22)25)34(30,31)28(12-11-17-5-3-2-4-6-17)16-24(29)27-19-7-10-23-18(13-19)15-26-33-23/h2-10,13-15H,11-12,16H2,1H3,(H,27,29). The number of ether oxygens (including phenoxy) is 1. The van der Waals surface area contributed by atoms with E-state index in [-0.39, 0.29) is 23.0 Å². The number of anilines is 1. The molecule has 1 N–H and O–H groups in total. The highest BCUT2D eigenvalue weighted by atomic mass is 35.5. The van der Waals surface area contributed by atoms with Gasteiger partial charge in [0.05, 0.1) is 28.3 Å². The second-order valence-corrected chi connectivity index (χ2v) is 10.7. The molecule has 1 amide bonds. The Hall–Kier alpha value is -2.98. The number of aromatic nitrogens is 1. The van der Waals surface area contributed by atoms with Crippen LogP contribution in [0.1, 0.15) is 5.56 Å². The lowest BCUT2D eigenvalue weighted by molar-refractivity contribution is -0.116. The predicted octanol–water partition coefficient (Wildman–Crippen LogP) is 4.83. The highest BCUT2D eigenvalue weighted by Gasteiger charge is 2.27. The van der Waals surface area contributed by atoms with Crippen LogP contribution < -0.4 is 10.1 Å². The number of rotatable bonds is 9. The summed E-state index contributed by atoms with van der Waals surface area (Å²) < 4.78 is 38.4. The molecule has 4 rings (SSSR count). The van der Waals surface area contributed by atoms with Gasteiger partial charge < -0.3 is 10.1 Å². The maximum Gasteiger partial charge on any atom is 0.243 e. The minimum Gasteiger partial charge on any atom is -0.495 e. The molecule has 0 aliphatic carbocycles. The van der Waals surface area contributed by atoms with Gasteiger partial charge in [0, 0.05) is 23.8 Å². The Bertz CT molecular complexity index is 1410. The maximum atomic E-state index is 13.5. The molecule has 1 heterocycles. The summed E-state index contributed by atoms with van der Waals surface area (Å²) in [4.78, 5) is 12.9. The lowest BCUT2D eigenvalue weighted by atomic mass is 10.1. The van der Waals surface area contributed by atoms with E-state index in [1.807, 2.05) is 42.5 Å². The van der Waals surface area contributed by atoms with Crippen LogP contribution in [-0.4, -0.2) is 43.2 Å². The van der Waals surface area contributed by atoms with E-state index in [0.717, 1.165) is 20.0 Å². The Morgan fingerprint density at radius 3 is 2.65 bits per heavy atom. The monoisotopic (exact) mass is 515 g/mol. The smallest absolute Gasteiger partial charge is 0.243 e. The molecule has 0 spiro atoms. The first-order valence-electron chi connectivity index (χ1n) is 10.4. The first-order valence-corrected chi connectivity index (χ1v) is 13.0. The average molecular weight is 516 g/mol. The van der Waals surface area contributed by atoms with E-state index < -0.39 is 15.9 Å². The number of nitrogens with one attached hydrogen (secondary N) is 1. The summed E-state index contributed by atoms with van der Waals surface area (Å²) in [5.74, 6) is -0.0775. The summed E-state index contributed by atoms with van der Waals surface area (Å²) in [6.45, 7) is -0.227. The molecule has 176 valence electrons. The zero-order valence-electron chi connectivity index (χ0n) is 18.3. The molecule has 3 aromatic carbocycles. The topological polar surface area (TPSA) is 88.6 Å². The molecule has 0 radical (unpaired) electrons. The summed E-state index contributed by atoms with van der Waals surface area (Å²) in [6.07, 6.45) is 2.17. The number of hydrogen-bond acceptors (Lipinski definition) is 6. The number of carbonyl (C=O) groups is 1. The van der Waals surface area contributed by atoms with Crippen LogP contribution in [0.4, 0.5) is 5.69 Å². The van der Waals surface area contributed by atoms with Crippen LogP contribution in [0.5, 0.6) is 5.75 Å². The number of methoxy groups -OCH3 is 1. The lowest BCUT2D eigenvalue weighted by Crippen LogP contribution is -2.39. The van der Waals surface area contributed by atoms with Crippen molar-refractivity contribution in [2.24, 2.45) is 0 Å². The molecule has 34 heavy (non-hydrogen) atoms. The first-order chi connectivity index (χ1) is 16.4. The zero-order chi connectivity index (χ0) is 24.1. The van der Waals surface area contributed by atoms with E-state index in [1.54, 1.807) is 12.3 Å². The van der Waals surface area contributed by atoms with Crippen molar-refractivity contribution in [1.29, 1.82) is 0 Å². The second-order valence-electron chi connectivity index (χ2n) is 7.50. The molecule has 10 heteroatoms. The van der Waals surface area contributed by atoms with E-state index in [2.05, 4.69) is 9.69 Å². The van der Waals surface area contributed by atoms with Gasteiger partial charge in [-0.1, -0.05) is 41.9 Å². The van der Waals surface area contributed by atoms with Crippen molar-refractivity contribution >= 4 is 54.8 Å². The van der Waals surface area contributed by atoms with Crippen molar-refractivity contribution < 1.29 is 17.9 Å². The van der Waals surface area contributed by atoms with Gasteiger partial charge in [-0.2, -0.15) is 8.68 Å². The Kier molecular flexibility index (Phi) is 7.47. The number of hydrogen-bond donors (Lipinski definition) is 1. The molecule has 0 aliphatic heterocycles. The quantitative estimate of drug-likeness (QED) is 0.345. The summed E-state index contributed by atoms with van der Waals surface area (Å²) >= 11 is 7.54. The molecule has 0 atom stereocenters. The number of fused-ring (bicyclic) bond motifs is 1. The molecule has 1 aromatic heterocycles. The van der Waals surface area contributed by atoms with Gasteiger partial charge in [0.1, 0.15) is 5.75 Å². The third kappa shape index (κ3) is 5.56. The fourth-order valence-electron chi connectivity index (χ4n) is 3.45.